The van der Waals surface area contributed by atoms with Crippen molar-refractivity contribution in [3.63, 3.8) is 0 Å². The van der Waals surface area contributed by atoms with Crippen LogP contribution in [-0.4, -0.2) is 35.4 Å². The smallest absolute Gasteiger partial charge is 0.273 e. The van der Waals surface area contributed by atoms with Gasteiger partial charge in [-0.25, -0.2) is 4.98 Å². The third-order valence-electron chi connectivity index (χ3n) is 3.97. The lowest BCUT2D eigenvalue weighted by atomic mass is 10.0. The van der Waals surface area contributed by atoms with E-state index in [0.717, 1.165) is 23.7 Å². The molecule has 0 aliphatic carbocycles. The summed E-state index contributed by atoms with van der Waals surface area (Å²) in [6.45, 7) is 6.38. The number of carbonyl (C=O) groups excluding carboxylic acids is 1. The van der Waals surface area contributed by atoms with Crippen LogP contribution in [0.15, 0.2) is 29.6 Å². The van der Waals surface area contributed by atoms with Gasteiger partial charge in [-0.1, -0.05) is 37.6 Å². The van der Waals surface area contributed by atoms with Crippen molar-refractivity contribution in [2.75, 3.05) is 19.6 Å². The number of benzene rings is 1. The van der Waals surface area contributed by atoms with Crippen molar-refractivity contribution in [1.29, 1.82) is 0 Å². The van der Waals surface area contributed by atoms with Crippen molar-refractivity contribution in [2.45, 2.75) is 25.8 Å². The second-order valence-electron chi connectivity index (χ2n) is 6.00. The molecule has 0 radical (unpaired) electrons. The molecule has 0 bridgehead atoms. The maximum absolute atomic E-state index is 12.9. The highest BCUT2D eigenvalue weighted by Gasteiger charge is 2.30. The fourth-order valence-electron chi connectivity index (χ4n) is 2.76. The Labute approximate surface area is 169 Å². The molecule has 0 saturated carbocycles. The predicted octanol–water partition coefficient (Wildman–Crippen LogP) is 4.55. The topological polar surface area (TPSA) is 45.2 Å². The highest BCUT2D eigenvalue weighted by atomic mass is 35.5. The van der Waals surface area contributed by atoms with Crippen molar-refractivity contribution in [3.8, 4) is 0 Å². The van der Waals surface area contributed by atoms with E-state index in [1.165, 1.54) is 0 Å². The highest BCUT2D eigenvalue weighted by molar-refractivity contribution is 7.09. The van der Waals surface area contributed by atoms with Crippen LogP contribution in [-0.2, 0) is 0 Å². The molecule has 0 spiro atoms. The quantitative estimate of drug-likeness (QED) is 0.789. The van der Waals surface area contributed by atoms with Gasteiger partial charge in [-0.05, 0) is 17.7 Å². The van der Waals surface area contributed by atoms with Crippen LogP contribution in [0.25, 0.3) is 0 Å². The Morgan fingerprint density at radius 1 is 1.40 bits per heavy atom. The minimum absolute atomic E-state index is 0. The molecule has 1 amide bonds. The Hall–Kier alpha value is -0.850. The molecule has 4 nitrogen and oxygen atoms in total. The summed E-state index contributed by atoms with van der Waals surface area (Å²) < 4.78 is 0. The van der Waals surface area contributed by atoms with Gasteiger partial charge in [0.05, 0.1) is 11.0 Å². The molecule has 1 atom stereocenters. The van der Waals surface area contributed by atoms with E-state index in [1.54, 1.807) is 11.3 Å². The summed E-state index contributed by atoms with van der Waals surface area (Å²) in [5, 5.41) is 6.92. The zero-order chi connectivity index (χ0) is 16.4. The number of hydrogen-bond donors (Lipinski definition) is 1. The van der Waals surface area contributed by atoms with E-state index in [-0.39, 0.29) is 36.8 Å². The van der Waals surface area contributed by atoms with Gasteiger partial charge in [-0.3, -0.25) is 4.79 Å². The third-order valence-corrected chi connectivity index (χ3v) is 5.35. The molecule has 1 fully saturated rings. The lowest BCUT2D eigenvalue weighted by Gasteiger charge is -2.36. The van der Waals surface area contributed by atoms with Gasteiger partial charge in [0.1, 0.15) is 5.69 Å². The summed E-state index contributed by atoms with van der Waals surface area (Å²) in [7, 11) is 0. The first-order valence-electron chi connectivity index (χ1n) is 7.79. The number of piperazine rings is 1. The number of nitrogens with zero attached hydrogens (tertiary/aromatic N) is 2. The SMILES string of the molecule is CC(C)c1nc(C(=O)N2CCNCC2c2cccc(Cl)c2)cs1.Cl.Cl. The predicted molar refractivity (Wildman–Crippen MR) is 109 cm³/mol. The van der Waals surface area contributed by atoms with Crippen LogP contribution in [0.5, 0.6) is 0 Å². The minimum Gasteiger partial charge on any atom is -0.328 e. The first-order valence-corrected chi connectivity index (χ1v) is 9.04. The van der Waals surface area contributed by atoms with Crippen molar-refractivity contribution in [1.82, 2.24) is 15.2 Å². The van der Waals surface area contributed by atoms with E-state index in [9.17, 15) is 4.79 Å². The molecule has 1 aromatic heterocycles. The lowest BCUT2D eigenvalue weighted by Crippen LogP contribution is -2.48. The molecule has 8 heteroatoms. The average molecular weight is 423 g/mol. The highest BCUT2D eigenvalue weighted by Crippen LogP contribution is 2.27. The molecule has 1 unspecified atom stereocenters. The molecular formula is C17H22Cl3N3OS. The number of halogens is 3. The van der Waals surface area contributed by atoms with E-state index in [2.05, 4.69) is 24.1 Å². The maximum atomic E-state index is 12.9. The van der Waals surface area contributed by atoms with Crippen LogP contribution in [0.1, 0.15) is 46.9 Å². The summed E-state index contributed by atoms with van der Waals surface area (Å²) in [6.07, 6.45) is 0. The summed E-state index contributed by atoms with van der Waals surface area (Å²) in [5.74, 6) is 0.341. The molecule has 3 rings (SSSR count). The van der Waals surface area contributed by atoms with Crippen LogP contribution in [0.4, 0.5) is 0 Å². The fourth-order valence-corrected chi connectivity index (χ4v) is 3.77. The molecule has 1 saturated heterocycles. The van der Waals surface area contributed by atoms with Gasteiger partial charge in [0, 0.05) is 36.0 Å². The van der Waals surface area contributed by atoms with Gasteiger partial charge in [0.2, 0.25) is 0 Å². The second kappa shape index (κ2) is 9.74. The standard InChI is InChI=1S/C17H20ClN3OS.2ClH/c1-11(2)16-20-14(10-23-16)17(22)21-7-6-19-9-15(21)12-4-3-5-13(18)8-12;;/h3-5,8,10-11,15,19H,6-7,9H2,1-2H3;2*1H. The van der Waals surface area contributed by atoms with Crippen LogP contribution >= 0.6 is 47.8 Å². The van der Waals surface area contributed by atoms with Crippen LogP contribution in [0.2, 0.25) is 5.02 Å². The lowest BCUT2D eigenvalue weighted by molar-refractivity contribution is 0.0629. The Morgan fingerprint density at radius 2 is 2.16 bits per heavy atom. The Kier molecular flexibility index (Phi) is 8.64. The Morgan fingerprint density at radius 3 is 2.80 bits per heavy atom. The first-order chi connectivity index (χ1) is 11.1. The molecule has 138 valence electrons. The zero-order valence-electron chi connectivity index (χ0n) is 14.1. The third kappa shape index (κ3) is 5.08. The molecule has 1 aromatic carbocycles. The largest absolute Gasteiger partial charge is 0.328 e. The van der Waals surface area contributed by atoms with E-state index in [1.807, 2.05) is 34.5 Å². The normalized spacial score (nSPS) is 17.0. The molecule has 2 aromatic rings. The molecule has 1 aliphatic rings. The van der Waals surface area contributed by atoms with E-state index >= 15 is 0 Å². The number of hydrogen-bond acceptors (Lipinski definition) is 4. The van der Waals surface area contributed by atoms with Gasteiger partial charge in [0.25, 0.3) is 5.91 Å². The van der Waals surface area contributed by atoms with Crippen LogP contribution in [0, 0.1) is 0 Å². The molecule has 25 heavy (non-hydrogen) atoms. The minimum atomic E-state index is -0.0147. The van der Waals surface area contributed by atoms with Crippen molar-refractivity contribution < 1.29 is 4.79 Å². The van der Waals surface area contributed by atoms with Gasteiger partial charge in [0.15, 0.2) is 0 Å². The van der Waals surface area contributed by atoms with E-state index in [4.69, 9.17) is 11.6 Å². The molecule has 1 N–H and O–H groups in total. The number of carbonyl (C=O) groups is 1. The maximum Gasteiger partial charge on any atom is 0.273 e. The number of rotatable bonds is 3. The summed E-state index contributed by atoms with van der Waals surface area (Å²) in [5.41, 5.74) is 1.60. The van der Waals surface area contributed by atoms with Gasteiger partial charge < -0.3 is 10.2 Å². The molecular weight excluding hydrogens is 401 g/mol. The summed E-state index contributed by atoms with van der Waals surface area (Å²) in [4.78, 5) is 19.3. The Balaban J connectivity index is 0.00000156. The number of nitrogens with one attached hydrogen (secondary N) is 1. The van der Waals surface area contributed by atoms with Crippen LogP contribution in [0.3, 0.4) is 0 Å². The second-order valence-corrected chi connectivity index (χ2v) is 7.33. The first kappa shape index (κ1) is 22.2. The molecule has 2 heterocycles. The van der Waals surface area contributed by atoms with Crippen LogP contribution < -0.4 is 5.32 Å². The zero-order valence-corrected chi connectivity index (χ0v) is 17.3. The number of thiazole rings is 1. The summed E-state index contributed by atoms with van der Waals surface area (Å²) in [6, 6.07) is 7.71. The summed E-state index contributed by atoms with van der Waals surface area (Å²) >= 11 is 7.67. The monoisotopic (exact) mass is 421 g/mol. The van der Waals surface area contributed by atoms with Crippen molar-refractivity contribution >= 4 is 53.7 Å². The van der Waals surface area contributed by atoms with Crippen molar-refractivity contribution in [2.24, 2.45) is 0 Å². The Bertz CT molecular complexity index is 708. The van der Waals surface area contributed by atoms with E-state index < -0.39 is 0 Å². The number of aromatic nitrogens is 1. The molecule has 1 aliphatic heterocycles. The number of amides is 1. The van der Waals surface area contributed by atoms with Gasteiger partial charge in [-0.2, -0.15) is 0 Å². The van der Waals surface area contributed by atoms with Crippen molar-refractivity contribution in [3.05, 3.63) is 50.9 Å². The van der Waals surface area contributed by atoms with Gasteiger partial charge >= 0.3 is 0 Å². The van der Waals surface area contributed by atoms with E-state index in [0.29, 0.717) is 23.2 Å². The van der Waals surface area contributed by atoms with Gasteiger partial charge in [-0.15, -0.1) is 36.2 Å². The fraction of sp³-hybridized carbons (Fsp3) is 0.412. The average Bonchev–Trinajstić information content (AvgIpc) is 3.04.